The first-order valence-electron chi connectivity index (χ1n) is 9.70. The van der Waals surface area contributed by atoms with Crippen LogP contribution in [0.5, 0.6) is 0 Å². The van der Waals surface area contributed by atoms with Crippen molar-refractivity contribution in [2.24, 2.45) is 0 Å². The molecule has 0 unspecified atom stereocenters. The predicted octanol–water partition coefficient (Wildman–Crippen LogP) is 3.85. The zero-order valence-electron chi connectivity index (χ0n) is 16.0. The summed E-state index contributed by atoms with van der Waals surface area (Å²) in [6, 6.07) is 22.2. The van der Waals surface area contributed by atoms with Crippen LogP contribution in [0.4, 0.5) is 5.69 Å². The van der Waals surface area contributed by atoms with Crippen LogP contribution in [0.3, 0.4) is 0 Å². The summed E-state index contributed by atoms with van der Waals surface area (Å²) in [5, 5.41) is 2.57. The van der Waals surface area contributed by atoms with Crippen LogP contribution >= 0.6 is 11.8 Å². The highest BCUT2D eigenvalue weighted by molar-refractivity contribution is 8.00. The number of quaternary nitrogens is 1. The van der Waals surface area contributed by atoms with Crippen molar-refractivity contribution < 1.29 is 14.5 Å². The quantitative estimate of drug-likeness (QED) is 0.716. The number of furan rings is 1. The summed E-state index contributed by atoms with van der Waals surface area (Å²) < 4.78 is 5.66. The van der Waals surface area contributed by atoms with Crippen LogP contribution in [-0.2, 0) is 4.79 Å². The fourth-order valence-electron chi connectivity index (χ4n) is 3.62. The molecule has 1 aromatic heterocycles. The molecular formula is C23H25N2O2S+. The molecule has 0 saturated carbocycles. The van der Waals surface area contributed by atoms with Gasteiger partial charge < -0.3 is 14.6 Å². The molecule has 0 bridgehead atoms. The Labute approximate surface area is 169 Å². The highest BCUT2D eigenvalue weighted by Gasteiger charge is 2.27. The van der Waals surface area contributed by atoms with Gasteiger partial charge in [0.05, 0.1) is 12.0 Å². The second kappa shape index (κ2) is 8.67. The van der Waals surface area contributed by atoms with Gasteiger partial charge in [-0.05, 0) is 30.7 Å². The fraction of sp³-hybridized carbons (Fsp3) is 0.261. The van der Waals surface area contributed by atoms with E-state index in [1.807, 2.05) is 59.1 Å². The van der Waals surface area contributed by atoms with E-state index < -0.39 is 0 Å². The van der Waals surface area contributed by atoms with Gasteiger partial charge in [-0.2, -0.15) is 0 Å². The van der Waals surface area contributed by atoms with E-state index in [-0.39, 0.29) is 11.9 Å². The molecule has 1 amide bonds. The molecule has 1 aliphatic heterocycles. The molecule has 28 heavy (non-hydrogen) atoms. The molecule has 2 heterocycles. The van der Waals surface area contributed by atoms with Crippen LogP contribution in [-0.4, -0.2) is 24.2 Å². The number of nitrogens with zero attached hydrogens (tertiary/aromatic N) is 1. The Kier molecular flexibility index (Phi) is 5.84. The minimum Gasteiger partial charge on any atom is -0.463 e. The Morgan fingerprint density at radius 3 is 2.71 bits per heavy atom. The van der Waals surface area contributed by atoms with Gasteiger partial charge in [0.2, 0.25) is 0 Å². The molecule has 144 valence electrons. The molecule has 3 aromatic rings. The number of hydrogen-bond donors (Lipinski definition) is 1. The SMILES string of the molecule is C[C@@H]1CCN(C(=O)C[NH2+][C@H](c2ccccc2)c2ccco2)c2ccccc2S1. The molecule has 4 nitrogen and oxygen atoms in total. The molecular weight excluding hydrogens is 368 g/mol. The van der Waals surface area contributed by atoms with Gasteiger partial charge in [0.15, 0.2) is 18.3 Å². The maximum atomic E-state index is 13.2. The fourth-order valence-corrected chi connectivity index (χ4v) is 4.73. The highest BCUT2D eigenvalue weighted by atomic mass is 32.2. The van der Waals surface area contributed by atoms with Gasteiger partial charge >= 0.3 is 0 Å². The van der Waals surface area contributed by atoms with Crippen LogP contribution in [0.25, 0.3) is 0 Å². The standard InChI is InChI=1S/C23H24N2O2S/c1-17-13-14-25(19-10-5-6-12-21(19)28-17)22(26)16-24-23(20-11-7-15-27-20)18-8-3-2-4-9-18/h2-12,15,17,23-24H,13-14,16H2,1H3/p+1/t17-,23-/m1/s1. The molecule has 2 N–H and O–H groups in total. The maximum absolute atomic E-state index is 13.2. The Balaban J connectivity index is 1.53. The Hall–Kier alpha value is -2.50. The lowest BCUT2D eigenvalue weighted by molar-refractivity contribution is -0.678. The van der Waals surface area contributed by atoms with Gasteiger partial charge in [-0.3, -0.25) is 4.79 Å². The molecule has 0 saturated heterocycles. The maximum Gasteiger partial charge on any atom is 0.282 e. The normalized spacial score (nSPS) is 17.6. The number of thioether (sulfide) groups is 1. The number of anilines is 1. The van der Waals surface area contributed by atoms with E-state index in [0.29, 0.717) is 11.8 Å². The summed E-state index contributed by atoms with van der Waals surface area (Å²) in [4.78, 5) is 16.3. The van der Waals surface area contributed by atoms with E-state index in [1.54, 1.807) is 6.26 Å². The predicted molar refractivity (Wildman–Crippen MR) is 113 cm³/mol. The van der Waals surface area contributed by atoms with E-state index in [1.165, 1.54) is 4.90 Å². The summed E-state index contributed by atoms with van der Waals surface area (Å²) in [7, 11) is 0. The van der Waals surface area contributed by atoms with Crippen molar-refractivity contribution in [3.8, 4) is 0 Å². The summed E-state index contributed by atoms with van der Waals surface area (Å²) >= 11 is 1.85. The molecule has 2 aromatic carbocycles. The number of benzene rings is 2. The zero-order valence-corrected chi connectivity index (χ0v) is 16.8. The molecule has 5 heteroatoms. The smallest absolute Gasteiger partial charge is 0.282 e. The number of rotatable bonds is 5. The summed E-state index contributed by atoms with van der Waals surface area (Å²) in [6.07, 6.45) is 2.68. The average molecular weight is 394 g/mol. The monoisotopic (exact) mass is 393 g/mol. The molecule has 2 atom stereocenters. The number of carbonyl (C=O) groups excluding carboxylic acids is 1. The Morgan fingerprint density at radius 2 is 1.93 bits per heavy atom. The van der Waals surface area contributed by atoms with E-state index in [9.17, 15) is 4.79 Å². The molecule has 0 aliphatic carbocycles. The van der Waals surface area contributed by atoms with Crippen molar-refractivity contribution in [3.05, 3.63) is 84.3 Å². The molecule has 1 aliphatic rings. The number of amides is 1. The van der Waals surface area contributed by atoms with Gasteiger partial charge in [0, 0.05) is 22.3 Å². The van der Waals surface area contributed by atoms with Crippen LogP contribution in [0.2, 0.25) is 0 Å². The highest BCUT2D eigenvalue weighted by Crippen LogP contribution is 2.37. The summed E-state index contributed by atoms with van der Waals surface area (Å²) in [6.45, 7) is 3.35. The number of para-hydroxylation sites is 1. The van der Waals surface area contributed by atoms with E-state index in [4.69, 9.17) is 4.42 Å². The first kappa shape index (κ1) is 18.8. The number of nitrogens with two attached hydrogens (primary N) is 1. The van der Waals surface area contributed by atoms with Crippen LogP contribution in [0.1, 0.15) is 30.7 Å². The summed E-state index contributed by atoms with van der Waals surface area (Å²) in [5.74, 6) is 0.995. The van der Waals surface area contributed by atoms with Gasteiger partial charge in [-0.1, -0.05) is 49.4 Å². The topological polar surface area (TPSA) is 50.1 Å². The van der Waals surface area contributed by atoms with Crippen molar-refractivity contribution in [2.45, 2.75) is 29.5 Å². The lowest BCUT2D eigenvalue weighted by Gasteiger charge is -2.23. The van der Waals surface area contributed by atoms with Crippen molar-refractivity contribution in [1.82, 2.24) is 0 Å². The van der Waals surface area contributed by atoms with Gasteiger partial charge in [-0.15, -0.1) is 11.8 Å². The van der Waals surface area contributed by atoms with E-state index in [0.717, 1.165) is 30.0 Å². The minimum absolute atomic E-state index is 0.0318. The van der Waals surface area contributed by atoms with E-state index in [2.05, 4.69) is 36.5 Å². The van der Waals surface area contributed by atoms with Crippen LogP contribution in [0.15, 0.2) is 82.3 Å². The molecule has 0 fully saturated rings. The van der Waals surface area contributed by atoms with Crippen LogP contribution < -0.4 is 10.2 Å². The zero-order chi connectivity index (χ0) is 19.3. The van der Waals surface area contributed by atoms with Gasteiger partial charge in [-0.25, -0.2) is 0 Å². The largest absolute Gasteiger partial charge is 0.463 e. The van der Waals surface area contributed by atoms with Crippen LogP contribution in [0, 0.1) is 0 Å². The Morgan fingerprint density at radius 1 is 1.14 bits per heavy atom. The Bertz CT molecular complexity index is 911. The third-order valence-electron chi connectivity index (χ3n) is 5.08. The average Bonchev–Trinajstić information content (AvgIpc) is 3.18. The third kappa shape index (κ3) is 4.16. The van der Waals surface area contributed by atoms with Gasteiger partial charge in [0.25, 0.3) is 5.91 Å². The first-order valence-corrected chi connectivity index (χ1v) is 10.6. The summed E-state index contributed by atoms with van der Waals surface area (Å²) in [5.41, 5.74) is 2.16. The number of fused-ring (bicyclic) bond motifs is 1. The number of carbonyl (C=O) groups is 1. The van der Waals surface area contributed by atoms with Gasteiger partial charge in [0.1, 0.15) is 0 Å². The van der Waals surface area contributed by atoms with E-state index >= 15 is 0 Å². The minimum atomic E-state index is -0.0318. The second-order valence-electron chi connectivity index (χ2n) is 7.07. The van der Waals surface area contributed by atoms with Crippen molar-refractivity contribution in [2.75, 3.05) is 18.0 Å². The first-order chi connectivity index (χ1) is 13.7. The van der Waals surface area contributed by atoms with Crippen molar-refractivity contribution >= 4 is 23.4 Å². The van der Waals surface area contributed by atoms with Crippen molar-refractivity contribution in [1.29, 1.82) is 0 Å². The van der Waals surface area contributed by atoms with Crippen molar-refractivity contribution in [3.63, 3.8) is 0 Å². The third-order valence-corrected chi connectivity index (χ3v) is 6.32. The molecule has 0 radical (unpaired) electrons. The molecule has 4 rings (SSSR count). The second-order valence-corrected chi connectivity index (χ2v) is 8.55. The molecule has 0 spiro atoms. The lowest BCUT2D eigenvalue weighted by Crippen LogP contribution is -2.87. The number of hydrogen-bond acceptors (Lipinski definition) is 3. The lowest BCUT2D eigenvalue weighted by atomic mass is 10.0.